The third-order valence-electron chi connectivity index (χ3n) is 4.02. The van der Waals surface area contributed by atoms with Crippen LogP contribution in [0.4, 0.5) is 0 Å². The first kappa shape index (κ1) is 18.1. The Morgan fingerprint density at radius 2 is 2.00 bits per heavy atom. The molecule has 4 rings (SSSR count). The van der Waals surface area contributed by atoms with Gasteiger partial charge in [-0.15, -0.1) is 0 Å². The Kier molecular flexibility index (Phi) is 4.95. The van der Waals surface area contributed by atoms with Crippen LogP contribution < -0.4 is 5.56 Å². The van der Waals surface area contributed by atoms with E-state index in [1.54, 1.807) is 10.7 Å². The second-order valence-corrected chi connectivity index (χ2v) is 7.82. The number of halogens is 2. The molecular weight excluding hydrogens is 403 g/mol. The lowest BCUT2D eigenvalue weighted by molar-refractivity contribution is 0.872. The van der Waals surface area contributed by atoms with Crippen LogP contribution in [0.1, 0.15) is 11.1 Å². The van der Waals surface area contributed by atoms with Crippen LogP contribution in [0.5, 0.6) is 0 Å². The van der Waals surface area contributed by atoms with Crippen LogP contribution in [0.15, 0.2) is 58.6 Å². The summed E-state index contributed by atoms with van der Waals surface area (Å²) in [6, 6.07) is 13.4. The molecule has 0 fully saturated rings. The molecule has 0 unspecified atom stereocenters. The maximum absolute atomic E-state index is 12.4. The molecule has 2 aromatic carbocycles. The predicted octanol–water partition coefficient (Wildman–Crippen LogP) is 5.02. The third kappa shape index (κ3) is 3.74. The number of fused-ring (bicyclic) bond motifs is 1. The van der Waals surface area contributed by atoms with Gasteiger partial charge in [-0.05, 0) is 42.3 Å². The zero-order chi connectivity index (χ0) is 19.0. The fourth-order valence-electron chi connectivity index (χ4n) is 2.70. The number of nitrogens with one attached hydrogen (secondary N) is 1. The highest BCUT2D eigenvalue weighted by Gasteiger charge is 2.12. The lowest BCUT2D eigenvalue weighted by Gasteiger charge is -2.06. The van der Waals surface area contributed by atoms with Crippen LogP contribution in [0.25, 0.3) is 16.7 Å². The van der Waals surface area contributed by atoms with Crippen LogP contribution in [0.2, 0.25) is 10.0 Å². The van der Waals surface area contributed by atoms with Gasteiger partial charge >= 0.3 is 0 Å². The number of aryl methyl sites for hydroxylation is 1. The van der Waals surface area contributed by atoms with Gasteiger partial charge in [-0.1, -0.05) is 53.2 Å². The van der Waals surface area contributed by atoms with E-state index in [-0.39, 0.29) is 5.56 Å². The second-order valence-electron chi connectivity index (χ2n) is 6.04. The van der Waals surface area contributed by atoms with Gasteiger partial charge in [0.2, 0.25) is 0 Å². The molecule has 2 heterocycles. The number of H-pyrrole nitrogens is 1. The normalized spacial score (nSPS) is 11.2. The Hall–Kier alpha value is -2.28. The highest BCUT2D eigenvalue weighted by Crippen LogP contribution is 2.26. The summed E-state index contributed by atoms with van der Waals surface area (Å²) >= 11 is 13.4. The average Bonchev–Trinajstić information content (AvgIpc) is 3.07. The fourth-order valence-corrected chi connectivity index (χ4v) is 3.82. The number of hydrogen-bond donors (Lipinski definition) is 1. The van der Waals surface area contributed by atoms with Crippen LogP contribution in [-0.2, 0) is 5.75 Å². The third-order valence-corrected chi connectivity index (χ3v) is 5.71. The van der Waals surface area contributed by atoms with Gasteiger partial charge in [-0.3, -0.25) is 4.79 Å². The van der Waals surface area contributed by atoms with Gasteiger partial charge in [0.15, 0.2) is 10.8 Å². The SMILES string of the molecule is Cc1cccc(-n2ncc3c(=O)[nH]c(SCc4ccc(Cl)c(Cl)c4)nc32)c1. The van der Waals surface area contributed by atoms with Crippen molar-refractivity contribution in [1.82, 2.24) is 19.7 Å². The molecule has 2 aromatic heterocycles. The predicted molar refractivity (Wildman–Crippen MR) is 110 cm³/mol. The summed E-state index contributed by atoms with van der Waals surface area (Å²) in [5.41, 5.74) is 3.28. The lowest BCUT2D eigenvalue weighted by atomic mass is 10.2. The minimum absolute atomic E-state index is 0.212. The Balaban J connectivity index is 1.69. The minimum Gasteiger partial charge on any atom is -0.301 e. The van der Waals surface area contributed by atoms with Crippen LogP contribution in [0.3, 0.4) is 0 Å². The van der Waals surface area contributed by atoms with E-state index in [1.807, 2.05) is 43.3 Å². The standard InChI is InChI=1S/C19H14Cl2N4OS/c1-11-3-2-4-13(7-11)25-17-14(9-22-25)18(26)24-19(23-17)27-10-12-5-6-15(20)16(21)8-12/h2-9H,10H2,1H3,(H,23,24,26). The summed E-state index contributed by atoms with van der Waals surface area (Å²) in [5.74, 6) is 0.601. The Morgan fingerprint density at radius 3 is 2.78 bits per heavy atom. The molecule has 0 spiro atoms. The van der Waals surface area contributed by atoms with E-state index in [0.29, 0.717) is 32.0 Å². The van der Waals surface area contributed by atoms with Crippen molar-refractivity contribution >= 4 is 46.0 Å². The number of aromatic amines is 1. The van der Waals surface area contributed by atoms with Gasteiger partial charge in [-0.25, -0.2) is 9.67 Å². The van der Waals surface area contributed by atoms with E-state index < -0.39 is 0 Å². The molecule has 0 aliphatic heterocycles. The molecule has 0 atom stereocenters. The molecule has 27 heavy (non-hydrogen) atoms. The first-order valence-corrected chi connectivity index (χ1v) is 9.87. The molecule has 5 nitrogen and oxygen atoms in total. The monoisotopic (exact) mass is 416 g/mol. The molecule has 8 heteroatoms. The molecule has 0 aliphatic rings. The van der Waals surface area contributed by atoms with Gasteiger partial charge in [0.05, 0.1) is 21.9 Å². The lowest BCUT2D eigenvalue weighted by Crippen LogP contribution is -2.09. The molecule has 136 valence electrons. The van der Waals surface area contributed by atoms with E-state index in [0.717, 1.165) is 16.8 Å². The molecule has 0 saturated heterocycles. The summed E-state index contributed by atoms with van der Waals surface area (Å²) in [7, 11) is 0. The van der Waals surface area contributed by atoms with Crippen molar-refractivity contribution in [3.63, 3.8) is 0 Å². The van der Waals surface area contributed by atoms with Crippen LogP contribution in [0, 0.1) is 6.92 Å². The smallest absolute Gasteiger partial charge is 0.262 e. The number of benzene rings is 2. The van der Waals surface area contributed by atoms with E-state index in [2.05, 4.69) is 15.1 Å². The molecule has 1 N–H and O–H groups in total. The second kappa shape index (κ2) is 7.38. The molecule has 0 radical (unpaired) electrons. The number of hydrogen-bond acceptors (Lipinski definition) is 4. The highest BCUT2D eigenvalue weighted by atomic mass is 35.5. The maximum Gasteiger partial charge on any atom is 0.262 e. The summed E-state index contributed by atoms with van der Waals surface area (Å²) < 4.78 is 1.68. The Morgan fingerprint density at radius 1 is 1.15 bits per heavy atom. The largest absolute Gasteiger partial charge is 0.301 e. The zero-order valence-electron chi connectivity index (χ0n) is 14.2. The summed E-state index contributed by atoms with van der Waals surface area (Å²) in [5, 5.41) is 6.33. The van der Waals surface area contributed by atoms with Crippen molar-refractivity contribution in [2.45, 2.75) is 17.8 Å². The Labute approximate surface area is 169 Å². The number of rotatable bonds is 4. The van der Waals surface area contributed by atoms with E-state index in [4.69, 9.17) is 23.2 Å². The van der Waals surface area contributed by atoms with Gasteiger partial charge < -0.3 is 4.98 Å². The van der Waals surface area contributed by atoms with Crippen molar-refractivity contribution < 1.29 is 0 Å². The quantitative estimate of drug-likeness (QED) is 0.374. The van der Waals surface area contributed by atoms with Crippen molar-refractivity contribution in [1.29, 1.82) is 0 Å². The Bertz CT molecular complexity index is 1200. The fraction of sp³-hybridized carbons (Fsp3) is 0.105. The zero-order valence-corrected chi connectivity index (χ0v) is 16.6. The first-order chi connectivity index (χ1) is 13.0. The topological polar surface area (TPSA) is 63.6 Å². The first-order valence-electron chi connectivity index (χ1n) is 8.13. The van der Waals surface area contributed by atoms with Crippen molar-refractivity contribution in [2.24, 2.45) is 0 Å². The number of nitrogens with zero attached hydrogens (tertiary/aromatic N) is 3. The minimum atomic E-state index is -0.212. The molecule has 0 bridgehead atoms. The number of aromatic nitrogens is 4. The van der Waals surface area contributed by atoms with E-state index in [1.165, 1.54) is 18.0 Å². The molecule has 0 aliphatic carbocycles. The maximum atomic E-state index is 12.4. The highest BCUT2D eigenvalue weighted by molar-refractivity contribution is 7.98. The van der Waals surface area contributed by atoms with E-state index in [9.17, 15) is 4.79 Å². The number of thioether (sulfide) groups is 1. The van der Waals surface area contributed by atoms with Gasteiger partial charge in [0, 0.05) is 5.75 Å². The summed E-state index contributed by atoms with van der Waals surface area (Å²) in [4.78, 5) is 19.8. The van der Waals surface area contributed by atoms with Crippen molar-refractivity contribution in [2.75, 3.05) is 0 Å². The van der Waals surface area contributed by atoms with Crippen molar-refractivity contribution in [3.8, 4) is 5.69 Å². The van der Waals surface area contributed by atoms with Crippen LogP contribution >= 0.6 is 35.0 Å². The van der Waals surface area contributed by atoms with E-state index >= 15 is 0 Å². The van der Waals surface area contributed by atoms with Crippen molar-refractivity contribution in [3.05, 3.63) is 80.2 Å². The molecular formula is C19H14Cl2N4OS. The molecule has 0 amide bonds. The average molecular weight is 417 g/mol. The molecule has 0 saturated carbocycles. The molecule has 4 aromatic rings. The summed E-state index contributed by atoms with van der Waals surface area (Å²) in [6.07, 6.45) is 1.54. The van der Waals surface area contributed by atoms with Crippen LogP contribution in [-0.4, -0.2) is 19.7 Å². The van der Waals surface area contributed by atoms with Gasteiger partial charge in [-0.2, -0.15) is 5.10 Å². The van der Waals surface area contributed by atoms with Gasteiger partial charge in [0.1, 0.15) is 5.39 Å². The van der Waals surface area contributed by atoms with Gasteiger partial charge in [0.25, 0.3) is 5.56 Å². The summed E-state index contributed by atoms with van der Waals surface area (Å²) in [6.45, 7) is 2.01.